The van der Waals surface area contributed by atoms with Crippen molar-refractivity contribution in [3.63, 3.8) is 0 Å². The molecule has 2 aromatic carbocycles. The van der Waals surface area contributed by atoms with Crippen molar-refractivity contribution in [1.29, 1.82) is 0 Å². The van der Waals surface area contributed by atoms with Crippen molar-refractivity contribution < 1.29 is 14.3 Å². The molecule has 1 N–H and O–H groups in total. The average molecular weight is 484 g/mol. The maximum atomic E-state index is 13.1. The number of thiophene rings is 1. The summed E-state index contributed by atoms with van der Waals surface area (Å²) in [6, 6.07) is 18.3. The summed E-state index contributed by atoms with van der Waals surface area (Å²) in [4.78, 5) is 32.9. The summed E-state index contributed by atoms with van der Waals surface area (Å²) in [6.07, 6.45) is 0.122. The number of methoxy groups -OCH3 is 1. The number of ether oxygens (including phenoxy) is 1. The van der Waals surface area contributed by atoms with Crippen LogP contribution < -0.4 is 15.0 Å². The van der Waals surface area contributed by atoms with Gasteiger partial charge in [0, 0.05) is 5.69 Å². The number of hydrogen-bond acceptors (Lipinski definition) is 5. The fraction of sp³-hybridized carbons (Fsp3) is 0.136. The lowest BCUT2D eigenvalue weighted by Crippen LogP contribution is -2.38. The van der Waals surface area contributed by atoms with Gasteiger partial charge in [0.25, 0.3) is 0 Å². The number of halogens is 1. The molecule has 0 fully saturated rings. The van der Waals surface area contributed by atoms with Crippen molar-refractivity contribution in [3.05, 3.63) is 69.3 Å². The number of aliphatic imine (C=N–C) groups is 1. The molecule has 1 aliphatic rings. The van der Waals surface area contributed by atoms with E-state index in [4.69, 9.17) is 9.73 Å². The summed E-state index contributed by atoms with van der Waals surface area (Å²) in [6.45, 7) is -0.0984. The maximum absolute atomic E-state index is 13.1. The number of rotatable bonds is 5. The summed E-state index contributed by atoms with van der Waals surface area (Å²) in [5, 5.41) is 2.83. The van der Waals surface area contributed by atoms with Crippen molar-refractivity contribution in [3.8, 4) is 5.75 Å². The molecule has 3 aromatic rings. The molecule has 6 nitrogen and oxygen atoms in total. The first-order valence-electron chi connectivity index (χ1n) is 9.20. The third-order valence-corrected chi connectivity index (χ3v) is 6.25. The molecule has 0 atom stereocenters. The highest BCUT2D eigenvalue weighted by molar-refractivity contribution is 9.11. The minimum absolute atomic E-state index is 0.0984. The third-order valence-electron chi connectivity index (χ3n) is 4.58. The molecular weight excluding hydrogens is 466 g/mol. The van der Waals surface area contributed by atoms with Crippen LogP contribution >= 0.6 is 27.3 Å². The highest BCUT2D eigenvalue weighted by atomic mass is 79.9. The summed E-state index contributed by atoms with van der Waals surface area (Å²) in [5.74, 6) is 0.244. The molecule has 0 aliphatic carbocycles. The third kappa shape index (κ3) is 4.44. The molecule has 0 radical (unpaired) electrons. The molecule has 4 rings (SSSR count). The van der Waals surface area contributed by atoms with Gasteiger partial charge in [0.05, 0.1) is 39.3 Å². The van der Waals surface area contributed by atoms with Gasteiger partial charge in [-0.3, -0.25) is 9.59 Å². The molecular formula is C22H18BrN3O3S. The molecule has 8 heteroatoms. The lowest BCUT2D eigenvalue weighted by molar-refractivity contribution is -0.120. The quantitative estimate of drug-likeness (QED) is 0.553. The lowest BCUT2D eigenvalue weighted by atomic mass is 10.2. The second kappa shape index (κ2) is 8.81. The molecule has 2 amide bonds. The van der Waals surface area contributed by atoms with E-state index in [1.165, 1.54) is 16.2 Å². The first-order chi connectivity index (χ1) is 14.5. The molecule has 30 heavy (non-hydrogen) atoms. The van der Waals surface area contributed by atoms with Crippen LogP contribution in [0.15, 0.2) is 69.4 Å². The largest absolute Gasteiger partial charge is 0.497 e. The summed E-state index contributed by atoms with van der Waals surface area (Å²) >= 11 is 4.98. The molecule has 0 unspecified atom stereocenters. The number of amides is 2. The standard InChI is InChI=1S/C22H18BrN3O3S/c1-29-15-8-6-14(7-9-15)24-21(27)13-26-18-5-3-2-4-16(18)25-17(12-22(26)28)19-10-11-20(23)30-19/h2-11H,12-13H2,1H3,(H,24,27). The van der Waals surface area contributed by atoms with Gasteiger partial charge >= 0.3 is 0 Å². The van der Waals surface area contributed by atoms with Gasteiger partial charge in [0.2, 0.25) is 11.8 Å². The molecule has 0 spiro atoms. The van der Waals surface area contributed by atoms with E-state index in [2.05, 4.69) is 21.2 Å². The fourth-order valence-corrected chi connectivity index (χ4v) is 4.52. The van der Waals surface area contributed by atoms with Gasteiger partial charge in [-0.15, -0.1) is 11.3 Å². The Bertz CT molecular complexity index is 1120. The Balaban J connectivity index is 1.57. The number of para-hydroxylation sites is 2. The lowest BCUT2D eigenvalue weighted by Gasteiger charge is -2.21. The van der Waals surface area contributed by atoms with Gasteiger partial charge in [-0.05, 0) is 64.5 Å². The van der Waals surface area contributed by atoms with Crippen LogP contribution in [-0.2, 0) is 9.59 Å². The van der Waals surface area contributed by atoms with E-state index < -0.39 is 0 Å². The van der Waals surface area contributed by atoms with Crippen LogP contribution in [0.2, 0.25) is 0 Å². The Morgan fingerprint density at radius 2 is 1.93 bits per heavy atom. The molecule has 2 heterocycles. The van der Waals surface area contributed by atoms with E-state index in [0.717, 1.165) is 8.66 Å². The SMILES string of the molecule is COc1ccc(NC(=O)CN2C(=O)CC(c3ccc(Br)s3)=Nc3ccccc32)cc1. The second-order valence-electron chi connectivity index (χ2n) is 6.58. The first kappa shape index (κ1) is 20.3. The Labute approximate surface area is 186 Å². The number of anilines is 2. The molecule has 0 saturated carbocycles. The minimum Gasteiger partial charge on any atom is -0.497 e. The highest BCUT2D eigenvalue weighted by Crippen LogP contribution is 2.34. The van der Waals surface area contributed by atoms with Gasteiger partial charge in [-0.2, -0.15) is 0 Å². The number of nitrogens with one attached hydrogen (secondary N) is 1. The number of hydrogen-bond donors (Lipinski definition) is 1. The summed E-state index contributed by atoms with van der Waals surface area (Å²) in [7, 11) is 1.58. The van der Waals surface area contributed by atoms with Gasteiger partial charge < -0.3 is 15.0 Å². The molecule has 152 valence electrons. The average Bonchev–Trinajstić information content (AvgIpc) is 3.13. The predicted molar refractivity (Wildman–Crippen MR) is 123 cm³/mol. The minimum atomic E-state index is -0.286. The van der Waals surface area contributed by atoms with Crippen LogP contribution in [0.3, 0.4) is 0 Å². The van der Waals surface area contributed by atoms with Gasteiger partial charge in [0.15, 0.2) is 0 Å². The Morgan fingerprint density at radius 3 is 2.63 bits per heavy atom. The Hall–Kier alpha value is -2.97. The predicted octanol–water partition coefficient (Wildman–Crippen LogP) is 5.02. The number of carbonyl (C=O) groups excluding carboxylic acids is 2. The van der Waals surface area contributed by atoms with Crippen LogP contribution in [0.25, 0.3) is 0 Å². The zero-order chi connectivity index (χ0) is 21.1. The Kier molecular flexibility index (Phi) is 5.96. The first-order valence-corrected chi connectivity index (χ1v) is 10.8. The number of carbonyl (C=O) groups is 2. The highest BCUT2D eigenvalue weighted by Gasteiger charge is 2.27. The number of fused-ring (bicyclic) bond motifs is 1. The van der Waals surface area contributed by atoms with Gasteiger partial charge in [-0.25, -0.2) is 4.99 Å². The van der Waals surface area contributed by atoms with Crippen LogP contribution in [-0.4, -0.2) is 31.2 Å². The number of benzene rings is 2. The van der Waals surface area contributed by atoms with Crippen LogP contribution in [0.5, 0.6) is 5.75 Å². The maximum Gasteiger partial charge on any atom is 0.244 e. The smallest absolute Gasteiger partial charge is 0.244 e. The zero-order valence-corrected chi connectivity index (χ0v) is 18.5. The van der Waals surface area contributed by atoms with Crippen LogP contribution in [0.4, 0.5) is 17.1 Å². The van der Waals surface area contributed by atoms with Crippen molar-refractivity contribution in [2.45, 2.75) is 6.42 Å². The van der Waals surface area contributed by atoms with Crippen molar-refractivity contribution in [1.82, 2.24) is 0 Å². The van der Waals surface area contributed by atoms with Crippen LogP contribution in [0.1, 0.15) is 11.3 Å². The van der Waals surface area contributed by atoms with E-state index >= 15 is 0 Å². The topological polar surface area (TPSA) is 71.0 Å². The zero-order valence-electron chi connectivity index (χ0n) is 16.1. The summed E-state index contributed by atoms with van der Waals surface area (Å²) in [5.41, 5.74) is 2.62. The monoisotopic (exact) mass is 483 g/mol. The van der Waals surface area contributed by atoms with Crippen molar-refractivity contribution >= 4 is 61.9 Å². The van der Waals surface area contributed by atoms with Crippen LogP contribution in [0, 0.1) is 0 Å². The van der Waals surface area contributed by atoms with E-state index in [0.29, 0.717) is 28.5 Å². The fourth-order valence-electron chi connectivity index (χ4n) is 3.15. The molecule has 1 aliphatic heterocycles. The normalized spacial score (nSPS) is 13.3. The van der Waals surface area contributed by atoms with E-state index in [1.54, 1.807) is 31.4 Å². The van der Waals surface area contributed by atoms with Crippen molar-refractivity contribution in [2.75, 3.05) is 23.9 Å². The molecule has 0 bridgehead atoms. The van der Waals surface area contributed by atoms with E-state index in [1.807, 2.05) is 36.4 Å². The molecule has 0 saturated heterocycles. The van der Waals surface area contributed by atoms with Gasteiger partial charge in [0.1, 0.15) is 12.3 Å². The second-order valence-corrected chi connectivity index (χ2v) is 9.05. The summed E-state index contributed by atoms with van der Waals surface area (Å²) < 4.78 is 6.10. The molecule has 1 aromatic heterocycles. The van der Waals surface area contributed by atoms with Gasteiger partial charge in [-0.1, -0.05) is 12.1 Å². The Morgan fingerprint density at radius 1 is 1.17 bits per heavy atom. The van der Waals surface area contributed by atoms with E-state index in [9.17, 15) is 9.59 Å². The van der Waals surface area contributed by atoms with Crippen molar-refractivity contribution in [2.24, 2.45) is 4.99 Å². The van der Waals surface area contributed by atoms with E-state index in [-0.39, 0.29) is 24.8 Å². The number of nitrogens with zero attached hydrogens (tertiary/aromatic N) is 2.